The normalized spacial score (nSPS) is 34.8. The SMILES string of the molecule is COc1cc(-c2oc3cc(O)c(OC)c(O)c3c(=O)c2O[C@@H]2O[C@H](CO[C@@H]3O[C@H](CO)[C@@H](O)[C@H](O)[C@H]3O)[C@@H](O)[C@H](O)[C@H]2O[C@@H]2OC[C@](O)(CO)[C@H]2O)ccc1O. The van der Waals surface area contributed by atoms with Gasteiger partial charge in [-0.2, -0.15) is 0 Å². The lowest BCUT2D eigenvalue weighted by molar-refractivity contribution is -0.337. The summed E-state index contributed by atoms with van der Waals surface area (Å²) >= 11 is 0. The summed E-state index contributed by atoms with van der Waals surface area (Å²) in [6.45, 7) is -3.17. The largest absolute Gasteiger partial charge is 0.504 e. The van der Waals surface area contributed by atoms with Gasteiger partial charge in [0.15, 0.2) is 47.4 Å². The van der Waals surface area contributed by atoms with Crippen LogP contribution in [0.5, 0.6) is 34.5 Å². The second-order valence-electron chi connectivity index (χ2n) is 13.3. The molecule has 13 atom stereocenters. The standard InChI is InChI=1S/C34H42O22/c1-48-14-5-11(3-4-12(14)37)26-28(22(42)18-15(52-26)6-13(38)27(49-2)21(18)41)55-32-29(56-33-30(46)34(47,9-36)10-51-33)24(44)20(40)17(54-32)8-50-31-25(45)23(43)19(39)16(7-35)53-31/h3-6,16-17,19-20,23-25,29-33,35-41,43-47H,7-10H2,1-2H3/t16-,17-,19-,20-,23+,24+,25-,29-,30+,31-,32+,33+,34-/m1/s1. The third kappa shape index (κ3) is 7.41. The number of phenolic OH excluding ortho intramolecular Hbond substituents is 3. The third-order valence-electron chi connectivity index (χ3n) is 9.72. The molecule has 0 saturated carbocycles. The van der Waals surface area contributed by atoms with Crippen molar-refractivity contribution >= 4 is 11.0 Å². The molecule has 310 valence electrons. The van der Waals surface area contributed by atoms with Crippen molar-refractivity contribution in [3.8, 4) is 45.8 Å². The van der Waals surface area contributed by atoms with Crippen molar-refractivity contribution in [3.63, 3.8) is 0 Å². The fraction of sp³-hybridized carbons (Fsp3) is 0.559. The molecule has 12 N–H and O–H groups in total. The summed E-state index contributed by atoms with van der Waals surface area (Å²) in [6, 6.07) is 4.67. The first-order valence-electron chi connectivity index (χ1n) is 16.9. The van der Waals surface area contributed by atoms with E-state index in [0.717, 1.165) is 13.2 Å². The summed E-state index contributed by atoms with van der Waals surface area (Å²) in [5.74, 6) is -3.64. The van der Waals surface area contributed by atoms with E-state index in [1.807, 2.05) is 0 Å². The van der Waals surface area contributed by atoms with Gasteiger partial charge in [0.25, 0.3) is 0 Å². The quantitative estimate of drug-likeness (QED) is 0.0831. The van der Waals surface area contributed by atoms with Crippen molar-refractivity contribution < 1.29 is 104 Å². The van der Waals surface area contributed by atoms with Crippen LogP contribution in [-0.4, -0.2) is 181 Å². The van der Waals surface area contributed by atoms with E-state index in [1.54, 1.807) is 0 Å². The molecule has 3 aliphatic heterocycles. The molecule has 56 heavy (non-hydrogen) atoms. The number of hydrogen-bond donors (Lipinski definition) is 12. The summed E-state index contributed by atoms with van der Waals surface area (Å²) in [5, 5.41) is 125. The molecule has 0 spiro atoms. The first-order valence-corrected chi connectivity index (χ1v) is 16.9. The fourth-order valence-corrected chi connectivity index (χ4v) is 6.46. The first-order chi connectivity index (χ1) is 26.6. The molecule has 4 heterocycles. The summed E-state index contributed by atoms with van der Waals surface area (Å²) in [4.78, 5) is 14.3. The second kappa shape index (κ2) is 16.4. The molecule has 3 fully saturated rings. The van der Waals surface area contributed by atoms with Gasteiger partial charge in [0.05, 0.1) is 40.6 Å². The van der Waals surface area contributed by atoms with E-state index in [2.05, 4.69) is 0 Å². The number of hydrogen-bond acceptors (Lipinski definition) is 22. The molecule has 22 heteroatoms. The average molecular weight is 803 g/mol. The van der Waals surface area contributed by atoms with Crippen LogP contribution in [0.4, 0.5) is 0 Å². The highest BCUT2D eigenvalue weighted by atomic mass is 16.8. The first kappa shape index (κ1) is 41.5. The van der Waals surface area contributed by atoms with Crippen LogP contribution in [0.3, 0.4) is 0 Å². The number of methoxy groups -OCH3 is 2. The highest BCUT2D eigenvalue weighted by molar-refractivity contribution is 5.91. The lowest BCUT2D eigenvalue weighted by Gasteiger charge is -2.44. The van der Waals surface area contributed by atoms with Crippen molar-refractivity contribution in [1.82, 2.24) is 0 Å². The molecule has 0 unspecified atom stereocenters. The molecule has 0 amide bonds. The van der Waals surface area contributed by atoms with E-state index >= 15 is 0 Å². The van der Waals surface area contributed by atoms with Crippen molar-refractivity contribution in [3.05, 3.63) is 34.5 Å². The zero-order valence-corrected chi connectivity index (χ0v) is 29.5. The van der Waals surface area contributed by atoms with E-state index in [9.17, 15) is 66.1 Å². The van der Waals surface area contributed by atoms with Gasteiger partial charge in [-0.25, -0.2) is 0 Å². The number of aromatic hydroxyl groups is 3. The lowest BCUT2D eigenvalue weighted by Crippen LogP contribution is -2.63. The zero-order chi connectivity index (χ0) is 40.8. The molecular formula is C34H42O22. The topological polar surface area (TPSA) is 347 Å². The monoisotopic (exact) mass is 802 g/mol. The zero-order valence-electron chi connectivity index (χ0n) is 29.5. The smallest absolute Gasteiger partial charge is 0.239 e. The maximum Gasteiger partial charge on any atom is 0.239 e. The van der Waals surface area contributed by atoms with Gasteiger partial charge >= 0.3 is 0 Å². The van der Waals surface area contributed by atoms with Gasteiger partial charge in [0, 0.05) is 11.6 Å². The van der Waals surface area contributed by atoms with Gasteiger partial charge < -0.3 is 104 Å². The van der Waals surface area contributed by atoms with Crippen LogP contribution in [0.25, 0.3) is 22.3 Å². The third-order valence-corrected chi connectivity index (χ3v) is 9.72. The molecule has 0 aliphatic carbocycles. The van der Waals surface area contributed by atoms with Gasteiger partial charge in [0.1, 0.15) is 65.4 Å². The minimum atomic E-state index is -2.21. The minimum Gasteiger partial charge on any atom is -0.504 e. The van der Waals surface area contributed by atoms with E-state index in [1.165, 1.54) is 25.3 Å². The molecular weight excluding hydrogens is 760 g/mol. The van der Waals surface area contributed by atoms with Crippen molar-refractivity contribution in [2.24, 2.45) is 0 Å². The Bertz CT molecular complexity index is 1920. The Morgan fingerprint density at radius 2 is 1.50 bits per heavy atom. The van der Waals surface area contributed by atoms with Crippen LogP contribution in [0, 0.1) is 0 Å². The number of phenols is 3. The summed E-state index contributed by atoms with van der Waals surface area (Å²) in [7, 11) is 2.34. The minimum absolute atomic E-state index is 0.00219. The van der Waals surface area contributed by atoms with E-state index < -0.39 is 145 Å². The Labute approximate surface area is 314 Å². The van der Waals surface area contributed by atoms with Crippen LogP contribution in [0.1, 0.15) is 0 Å². The van der Waals surface area contributed by atoms with Crippen LogP contribution in [0.15, 0.2) is 33.5 Å². The summed E-state index contributed by atoms with van der Waals surface area (Å²) < 4.78 is 50.2. The van der Waals surface area contributed by atoms with Gasteiger partial charge in [-0.3, -0.25) is 4.79 Å². The Hall–Kier alpha value is -4.11. The molecule has 1 aromatic heterocycles. The molecule has 3 saturated heterocycles. The van der Waals surface area contributed by atoms with Gasteiger partial charge in [-0.1, -0.05) is 0 Å². The van der Waals surface area contributed by atoms with Crippen molar-refractivity contribution in [2.45, 2.75) is 79.4 Å². The predicted molar refractivity (Wildman–Crippen MR) is 180 cm³/mol. The van der Waals surface area contributed by atoms with Gasteiger partial charge in [-0.15, -0.1) is 0 Å². The molecule has 6 rings (SSSR count). The fourth-order valence-electron chi connectivity index (χ4n) is 6.46. The molecule has 0 radical (unpaired) electrons. The Balaban J connectivity index is 1.43. The Morgan fingerprint density at radius 1 is 0.804 bits per heavy atom. The number of aliphatic hydroxyl groups is 9. The lowest BCUT2D eigenvalue weighted by atomic mass is 9.97. The molecule has 3 aliphatic rings. The highest BCUT2D eigenvalue weighted by Gasteiger charge is 2.54. The molecule has 22 nitrogen and oxygen atoms in total. The number of ether oxygens (including phenoxy) is 8. The van der Waals surface area contributed by atoms with E-state index in [-0.39, 0.29) is 22.6 Å². The molecule has 3 aromatic rings. The number of fused-ring (bicyclic) bond motifs is 1. The van der Waals surface area contributed by atoms with Crippen LogP contribution in [-0.2, 0) is 23.7 Å². The van der Waals surface area contributed by atoms with Crippen LogP contribution in [0.2, 0.25) is 0 Å². The van der Waals surface area contributed by atoms with Crippen LogP contribution < -0.4 is 19.6 Å². The maximum atomic E-state index is 14.3. The molecule has 0 bridgehead atoms. The Kier molecular flexibility index (Phi) is 12.2. The second-order valence-corrected chi connectivity index (χ2v) is 13.3. The summed E-state index contributed by atoms with van der Waals surface area (Å²) in [5.41, 5.74) is -3.73. The average Bonchev–Trinajstić information content (AvgIpc) is 3.46. The summed E-state index contributed by atoms with van der Waals surface area (Å²) in [6.07, 6.45) is -22.0. The van der Waals surface area contributed by atoms with E-state index in [4.69, 9.17) is 42.3 Å². The number of rotatable bonds is 12. The predicted octanol–water partition coefficient (Wildman–Crippen LogP) is -3.94. The molecule has 2 aromatic carbocycles. The maximum absolute atomic E-state index is 14.3. The van der Waals surface area contributed by atoms with Gasteiger partial charge in [-0.05, 0) is 18.2 Å². The van der Waals surface area contributed by atoms with Gasteiger partial charge in [0.2, 0.25) is 23.2 Å². The Morgan fingerprint density at radius 3 is 2.14 bits per heavy atom. The highest BCUT2D eigenvalue weighted by Crippen LogP contribution is 2.45. The number of benzene rings is 2. The van der Waals surface area contributed by atoms with Crippen LogP contribution >= 0.6 is 0 Å². The van der Waals surface area contributed by atoms with Crippen molar-refractivity contribution in [1.29, 1.82) is 0 Å². The number of aliphatic hydroxyl groups excluding tert-OH is 8. The van der Waals surface area contributed by atoms with E-state index in [0.29, 0.717) is 0 Å². The van der Waals surface area contributed by atoms with Crippen molar-refractivity contribution in [2.75, 3.05) is 40.6 Å².